The van der Waals surface area contributed by atoms with Gasteiger partial charge in [-0.15, -0.1) is 0 Å². The fraction of sp³-hybridized carbons (Fsp3) is 0.227. The van der Waals surface area contributed by atoms with E-state index in [2.05, 4.69) is 9.73 Å². The molecule has 2 aromatic rings. The fourth-order valence-corrected chi connectivity index (χ4v) is 3.15. The van der Waals surface area contributed by atoms with E-state index in [1.165, 1.54) is 30.2 Å². The average molecular weight is 791 g/mol. The monoisotopic (exact) mass is 786 g/mol. The van der Waals surface area contributed by atoms with E-state index >= 15 is 0 Å². The summed E-state index contributed by atoms with van der Waals surface area (Å²) in [4.78, 5) is 29.7. The van der Waals surface area contributed by atoms with Crippen molar-refractivity contribution >= 4 is 23.8 Å². The summed E-state index contributed by atoms with van der Waals surface area (Å²) in [5, 5.41) is 37.7. The van der Waals surface area contributed by atoms with Gasteiger partial charge in [0.05, 0.1) is 7.11 Å². The summed E-state index contributed by atoms with van der Waals surface area (Å²) in [6.45, 7) is 1.32. The molecule has 1 aliphatic heterocycles. The maximum atomic E-state index is 12.7. The zero-order valence-electron chi connectivity index (χ0n) is 18.9. The normalized spacial score (nSPS) is 13.5. The van der Waals surface area contributed by atoms with Gasteiger partial charge < -0.3 is 25.2 Å². The summed E-state index contributed by atoms with van der Waals surface area (Å²) in [6, 6.07) is 11.2. The molecule has 0 fully saturated rings. The summed E-state index contributed by atoms with van der Waals surface area (Å²) < 4.78 is 4.61. The number of hydrogen-bond acceptors (Lipinski definition) is 8. The van der Waals surface area contributed by atoms with Crippen molar-refractivity contribution in [1.82, 2.24) is 4.90 Å². The third kappa shape index (κ3) is 9.45. The van der Waals surface area contributed by atoms with Crippen molar-refractivity contribution in [1.29, 1.82) is 0 Å². The Morgan fingerprint density at radius 2 is 1.51 bits per heavy atom. The number of rotatable bonds is 6. The largest absolute Gasteiger partial charge is 0.468 e. The number of aliphatic hydroxyl groups is 4. The number of ether oxygens (including phenoxy) is 1. The molecule has 0 bridgehead atoms. The number of aliphatic hydroxyl groups excluding tert-OH is 2. The van der Waals surface area contributed by atoms with Crippen molar-refractivity contribution in [2.24, 2.45) is 4.99 Å². The van der Waals surface area contributed by atoms with Crippen LogP contribution in [0.15, 0.2) is 53.2 Å². The number of carbonyl (C=O) groups excluding carboxylic acids is 2. The van der Waals surface area contributed by atoms with Crippen LogP contribution in [0.2, 0.25) is 0 Å². The smallest absolute Gasteiger partial charge is 0.325 e. The minimum atomic E-state index is -1.71. The van der Waals surface area contributed by atoms with E-state index < -0.39 is 24.5 Å². The molecule has 1 aliphatic rings. The molecule has 0 atom stereocenters. The third-order valence-corrected chi connectivity index (χ3v) is 4.84. The standard InChI is InChI=1S/C22H22N2O7.4Zr/c1-12-23-18(20(26)24(12)11-19(25)31-2)10-16-9-15(22(29)30)7-8-17(16)13-3-5-14(6-4-13)21(27)28;;;;/h3-10,21-22,27-30H,11H2,1-2H3;;;;/b18-10-;;;;. The molecule has 0 saturated carbocycles. The molecule has 2 aromatic carbocycles. The van der Waals surface area contributed by atoms with E-state index in [1.807, 2.05) is 0 Å². The van der Waals surface area contributed by atoms with Crippen molar-refractivity contribution in [2.75, 3.05) is 13.7 Å². The van der Waals surface area contributed by atoms with E-state index in [1.54, 1.807) is 37.3 Å². The summed E-state index contributed by atoms with van der Waals surface area (Å²) in [7, 11) is 1.23. The molecule has 0 aliphatic carbocycles. The van der Waals surface area contributed by atoms with Crippen molar-refractivity contribution in [3.8, 4) is 11.1 Å². The first-order chi connectivity index (χ1) is 14.7. The van der Waals surface area contributed by atoms with E-state index in [4.69, 9.17) is 0 Å². The van der Waals surface area contributed by atoms with Gasteiger partial charge in [0.25, 0.3) is 5.91 Å². The Balaban J connectivity index is 0. The van der Waals surface area contributed by atoms with Gasteiger partial charge in [0.1, 0.15) is 18.1 Å². The molecule has 0 radical (unpaired) electrons. The number of esters is 1. The number of carbonyl (C=O) groups is 2. The van der Waals surface area contributed by atoms with Crippen LogP contribution < -0.4 is 0 Å². The van der Waals surface area contributed by atoms with Gasteiger partial charge in [-0.2, -0.15) is 0 Å². The van der Waals surface area contributed by atoms with Crippen LogP contribution in [0.3, 0.4) is 0 Å². The topological polar surface area (TPSA) is 140 Å². The predicted molar refractivity (Wildman–Crippen MR) is 111 cm³/mol. The van der Waals surface area contributed by atoms with Gasteiger partial charge in [-0.1, -0.05) is 36.4 Å². The number of benzene rings is 2. The fourth-order valence-electron chi connectivity index (χ4n) is 3.15. The maximum absolute atomic E-state index is 12.7. The third-order valence-electron chi connectivity index (χ3n) is 4.84. The molecule has 13 heteroatoms. The van der Waals surface area contributed by atoms with Crippen LogP contribution in [0, 0.1) is 0 Å². The summed E-state index contributed by atoms with van der Waals surface area (Å²) >= 11 is 0. The Morgan fingerprint density at radius 3 is 2.03 bits per heavy atom. The molecular formula is C22H22N2O7Zr4. The molecule has 35 heavy (non-hydrogen) atoms. The minimum absolute atomic E-state index is 0. The Bertz CT molecular complexity index is 1070. The molecule has 4 N–H and O–H groups in total. The minimum Gasteiger partial charge on any atom is -0.468 e. The van der Waals surface area contributed by atoms with Crippen LogP contribution in [0.5, 0.6) is 0 Å². The number of hydrogen-bond donors (Lipinski definition) is 4. The summed E-state index contributed by atoms with van der Waals surface area (Å²) in [6.07, 6.45) is -1.81. The first kappa shape index (κ1) is 37.3. The number of aliphatic imine (C=N–C) groups is 1. The van der Waals surface area contributed by atoms with Crippen molar-refractivity contribution < 1.29 is 140 Å². The predicted octanol–water partition coefficient (Wildman–Crippen LogP) is 1.08. The molecule has 0 saturated heterocycles. The van der Waals surface area contributed by atoms with Crippen LogP contribution in [-0.2, 0) is 119 Å². The Kier molecular flexibility index (Phi) is 18.0. The van der Waals surface area contributed by atoms with Crippen LogP contribution in [0.25, 0.3) is 17.2 Å². The number of amides is 1. The van der Waals surface area contributed by atoms with Gasteiger partial charge >= 0.3 is 5.97 Å². The summed E-state index contributed by atoms with van der Waals surface area (Å²) in [5.41, 5.74) is 2.46. The van der Waals surface area contributed by atoms with Gasteiger partial charge in [0, 0.05) is 116 Å². The Hall–Kier alpha value is 0.162. The van der Waals surface area contributed by atoms with Gasteiger partial charge in [-0.25, -0.2) is 4.99 Å². The van der Waals surface area contributed by atoms with Crippen LogP contribution in [0.1, 0.15) is 36.2 Å². The molecule has 3 rings (SSSR count). The van der Waals surface area contributed by atoms with E-state index in [9.17, 15) is 30.0 Å². The van der Waals surface area contributed by atoms with Crippen LogP contribution >= 0.6 is 0 Å². The van der Waals surface area contributed by atoms with Crippen LogP contribution in [-0.4, -0.2) is 56.7 Å². The SMILES string of the molecule is COC(=O)CN1C(=O)/C(=C/c2cc(C(O)O)ccc2-c2ccc(C(O)O)cc2)N=C1C.[Zr].[Zr].[Zr].[Zr]. The number of nitrogens with zero attached hydrogens (tertiary/aromatic N) is 2. The molecule has 178 valence electrons. The van der Waals surface area contributed by atoms with Crippen molar-refractivity contribution in [3.05, 3.63) is 64.9 Å². The molecule has 1 heterocycles. The van der Waals surface area contributed by atoms with Gasteiger partial charge in [0.2, 0.25) is 0 Å². The molecule has 1 amide bonds. The van der Waals surface area contributed by atoms with Crippen molar-refractivity contribution in [2.45, 2.75) is 19.5 Å². The molecule has 0 unspecified atom stereocenters. The van der Waals surface area contributed by atoms with Crippen molar-refractivity contribution in [3.63, 3.8) is 0 Å². The second kappa shape index (κ2) is 16.9. The first-order valence-corrected chi connectivity index (χ1v) is 9.33. The quantitative estimate of drug-likeness (QED) is 0.195. The van der Waals surface area contributed by atoms with Gasteiger partial charge in [0.15, 0.2) is 12.6 Å². The van der Waals surface area contributed by atoms with E-state index in [0.717, 1.165) is 0 Å². The van der Waals surface area contributed by atoms with E-state index in [-0.39, 0.29) is 123 Å². The number of amidine groups is 1. The second-order valence-corrected chi connectivity index (χ2v) is 6.87. The average Bonchev–Trinajstić information content (AvgIpc) is 3.00. The maximum Gasteiger partial charge on any atom is 0.325 e. The number of methoxy groups -OCH3 is 1. The summed E-state index contributed by atoms with van der Waals surface area (Å²) in [5.74, 6) is -0.730. The van der Waals surface area contributed by atoms with Gasteiger partial charge in [-0.3, -0.25) is 14.5 Å². The van der Waals surface area contributed by atoms with Gasteiger partial charge in [-0.05, 0) is 35.8 Å². The van der Waals surface area contributed by atoms with Crippen LogP contribution in [0.4, 0.5) is 0 Å². The Morgan fingerprint density at radius 1 is 0.971 bits per heavy atom. The van der Waals surface area contributed by atoms with E-state index in [0.29, 0.717) is 28.1 Å². The Labute approximate surface area is 279 Å². The zero-order chi connectivity index (χ0) is 22.7. The molecular weight excluding hydrogens is 769 g/mol. The molecule has 9 nitrogen and oxygen atoms in total. The first-order valence-electron chi connectivity index (χ1n) is 9.33. The zero-order valence-corrected chi connectivity index (χ0v) is 28.7. The molecule has 0 spiro atoms. The molecule has 0 aromatic heterocycles. The second-order valence-electron chi connectivity index (χ2n) is 6.87.